The highest BCUT2D eigenvalue weighted by atomic mass is 16.5. The predicted octanol–water partition coefficient (Wildman–Crippen LogP) is -0.231. The van der Waals surface area contributed by atoms with Crippen LogP contribution in [0.1, 0.15) is 30.8 Å². The first-order chi connectivity index (χ1) is 6.19. The minimum atomic E-state index is -0.898. The summed E-state index contributed by atoms with van der Waals surface area (Å²) < 4.78 is 9.73. The van der Waals surface area contributed by atoms with E-state index in [2.05, 4.69) is 10.1 Å². The van der Waals surface area contributed by atoms with Crippen molar-refractivity contribution < 1.29 is 14.4 Å². The summed E-state index contributed by atoms with van der Waals surface area (Å²) in [7, 11) is 1.54. The van der Waals surface area contributed by atoms with E-state index in [0.717, 1.165) is 0 Å². The molecule has 0 bridgehead atoms. The van der Waals surface area contributed by atoms with Crippen LogP contribution in [0.25, 0.3) is 0 Å². The standard InChI is InChI=1S/C7H13N3O3/c1-4(12-2)6-9-7(13-10-6)5(11)3-8/h4-5,11H,3,8H2,1-2H3. The van der Waals surface area contributed by atoms with Crippen LogP contribution in [0, 0.1) is 0 Å². The molecule has 2 unspecified atom stereocenters. The lowest BCUT2D eigenvalue weighted by Crippen LogP contribution is -2.12. The summed E-state index contributed by atoms with van der Waals surface area (Å²) in [6.45, 7) is 1.84. The lowest BCUT2D eigenvalue weighted by Gasteiger charge is -2.01. The van der Waals surface area contributed by atoms with Crippen LogP contribution in [-0.4, -0.2) is 28.9 Å². The van der Waals surface area contributed by atoms with Crippen LogP contribution in [0.15, 0.2) is 4.52 Å². The maximum Gasteiger partial charge on any atom is 0.256 e. The Hall–Kier alpha value is -0.980. The van der Waals surface area contributed by atoms with E-state index < -0.39 is 6.10 Å². The van der Waals surface area contributed by atoms with Gasteiger partial charge in [0, 0.05) is 13.7 Å². The highest BCUT2D eigenvalue weighted by Gasteiger charge is 2.17. The molecule has 6 heteroatoms. The molecule has 0 saturated heterocycles. The highest BCUT2D eigenvalue weighted by molar-refractivity contribution is 4.92. The largest absolute Gasteiger partial charge is 0.382 e. The third-order valence-corrected chi connectivity index (χ3v) is 1.68. The van der Waals surface area contributed by atoms with E-state index in [1.807, 2.05) is 0 Å². The molecule has 1 heterocycles. The second kappa shape index (κ2) is 4.31. The number of hydrogen-bond donors (Lipinski definition) is 2. The number of nitrogens with zero attached hydrogens (tertiary/aromatic N) is 2. The normalized spacial score (nSPS) is 15.7. The molecule has 0 fully saturated rings. The zero-order chi connectivity index (χ0) is 9.84. The Morgan fingerprint density at radius 3 is 2.92 bits per heavy atom. The van der Waals surface area contributed by atoms with Crippen LogP contribution in [0.2, 0.25) is 0 Å². The molecule has 2 atom stereocenters. The van der Waals surface area contributed by atoms with E-state index in [1.54, 1.807) is 14.0 Å². The molecule has 0 amide bonds. The van der Waals surface area contributed by atoms with Crippen LogP contribution in [0.3, 0.4) is 0 Å². The number of methoxy groups -OCH3 is 1. The Labute approximate surface area is 75.7 Å². The molecule has 0 aromatic carbocycles. The molecule has 3 N–H and O–H groups in total. The molecule has 6 nitrogen and oxygen atoms in total. The fraction of sp³-hybridized carbons (Fsp3) is 0.714. The van der Waals surface area contributed by atoms with Crippen molar-refractivity contribution in [3.05, 3.63) is 11.7 Å². The van der Waals surface area contributed by atoms with Crippen molar-refractivity contribution in [1.29, 1.82) is 0 Å². The second-order valence-electron chi connectivity index (χ2n) is 2.62. The summed E-state index contributed by atoms with van der Waals surface area (Å²) in [6.07, 6.45) is -1.15. The average molecular weight is 187 g/mol. The number of aliphatic hydroxyl groups excluding tert-OH is 1. The van der Waals surface area contributed by atoms with Gasteiger partial charge in [0.05, 0.1) is 0 Å². The monoisotopic (exact) mass is 187 g/mol. The summed E-state index contributed by atoms with van der Waals surface area (Å²) in [4.78, 5) is 3.92. The van der Waals surface area contributed by atoms with Crippen molar-refractivity contribution in [2.45, 2.75) is 19.1 Å². The first-order valence-corrected chi connectivity index (χ1v) is 3.93. The molecule has 0 aliphatic rings. The van der Waals surface area contributed by atoms with Crippen molar-refractivity contribution in [1.82, 2.24) is 10.1 Å². The first kappa shape index (κ1) is 10.1. The van der Waals surface area contributed by atoms with Crippen LogP contribution in [-0.2, 0) is 4.74 Å². The highest BCUT2D eigenvalue weighted by Crippen LogP contribution is 2.14. The molecule has 0 saturated carbocycles. The molecule has 74 valence electrons. The smallest absolute Gasteiger partial charge is 0.256 e. The van der Waals surface area contributed by atoms with Gasteiger partial charge in [0.2, 0.25) is 0 Å². The number of aromatic nitrogens is 2. The third-order valence-electron chi connectivity index (χ3n) is 1.68. The van der Waals surface area contributed by atoms with Gasteiger partial charge in [-0.05, 0) is 6.92 Å². The predicted molar refractivity (Wildman–Crippen MR) is 43.7 cm³/mol. The minimum Gasteiger partial charge on any atom is -0.382 e. The summed E-state index contributed by atoms with van der Waals surface area (Å²) in [5.41, 5.74) is 5.21. The van der Waals surface area contributed by atoms with Gasteiger partial charge in [0.15, 0.2) is 5.82 Å². The van der Waals surface area contributed by atoms with Gasteiger partial charge in [0.1, 0.15) is 12.2 Å². The Morgan fingerprint density at radius 1 is 1.69 bits per heavy atom. The van der Waals surface area contributed by atoms with Gasteiger partial charge in [-0.3, -0.25) is 0 Å². The molecule has 1 rings (SSSR count). The molecule has 1 aromatic heterocycles. The Morgan fingerprint density at radius 2 is 2.38 bits per heavy atom. The van der Waals surface area contributed by atoms with Gasteiger partial charge in [-0.15, -0.1) is 0 Å². The van der Waals surface area contributed by atoms with E-state index in [-0.39, 0.29) is 18.5 Å². The Kier molecular flexibility index (Phi) is 3.35. The maximum atomic E-state index is 9.24. The van der Waals surface area contributed by atoms with Gasteiger partial charge in [-0.2, -0.15) is 4.98 Å². The lowest BCUT2D eigenvalue weighted by atomic mass is 10.3. The fourth-order valence-corrected chi connectivity index (χ4v) is 0.754. The molecule has 0 aliphatic heterocycles. The number of aliphatic hydroxyl groups is 1. The van der Waals surface area contributed by atoms with Crippen molar-refractivity contribution in [3.8, 4) is 0 Å². The zero-order valence-electron chi connectivity index (χ0n) is 7.60. The van der Waals surface area contributed by atoms with Crippen molar-refractivity contribution >= 4 is 0 Å². The molecule has 0 spiro atoms. The molecular weight excluding hydrogens is 174 g/mol. The van der Waals surface area contributed by atoms with Crippen LogP contribution < -0.4 is 5.73 Å². The van der Waals surface area contributed by atoms with E-state index in [9.17, 15) is 5.11 Å². The maximum absolute atomic E-state index is 9.24. The number of nitrogens with two attached hydrogens (primary N) is 1. The molecule has 0 aliphatic carbocycles. The van der Waals surface area contributed by atoms with Crippen LogP contribution in [0.5, 0.6) is 0 Å². The van der Waals surface area contributed by atoms with E-state index in [1.165, 1.54) is 0 Å². The van der Waals surface area contributed by atoms with Gasteiger partial charge in [0.25, 0.3) is 5.89 Å². The lowest BCUT2D eigenvalue weighted by molar-refractivity contribution is 0.109. The van der Waals surface area contributed by atoms with Gasteiger partial charge < -0.3 is 20.1 Å². The van der Waals surface area contributed by atoms with Crippen molar-refractivity contribution in [2.24, 2.45) is 5.73 Å². The van der Waals surface area contributed by atoms with Crippen LogP contribution in [0.4, 0.5) is 0 Å². The van der Waals surface area contributed by atoms with E-state index in [4.69, 9.17) is 15.0 Å². The average Bonchev–Trinajstić information content (AvgIpc) is 2.64. The second-order valence-corrected chi connectivity index (χ2v) is 2.62. The molecular formula is C7H13N3O3. The van der Waals surface area contributed by atoms with Gasteiger partial charge >= 0.3 is 0 Å². The third kappa shape index (κ3) is 2.24. The van der Waals surface area contributed by atoms with E-state index >= 15 is 0 Å². The quantitative estimate of drug-likeness (QED) is 0.676. The molecule has 13 heavy (non-hydrogen) atoms. The summed E-state index contributed by atoms with van der Waals surface area (Å²) >= 11 is 0. The van der Waals surface area contributed by atoms with Crippen LogP contribution >= 0.6 is 0 Å². The Balaban J connectivity index is 2.74. The zero-order valence-corrected chi connectivity index (χ0v) is 7.60. The van der Waals surface area contributed by atoms with Crippen molar-refractivity contribution in [2.75, 3.05) is 13.7 Å². The summed E-state index contributed by atoms with van der Waals surface area (Å²) in [5.74, 6) is 0.534. The van der Waals surface area contributed by atoms with E-state index in [0.29, 0.717) is 5.82 Å². The molecule has 1 aromatic rings. The van der Waals surface area contributed by atoms with Gasteiger partial charge in [-0.25, -0.2) is 0 Å². The first-order valence-electron chi connectivity index (χ1n) is 3.93. The summed E-state index contributed by atoms with van der Waals surface area (Å²) in [5, 5.41) is 12.9. The SMILES string of the molecule is COC(C)c1noc(C(O)CN)n1. The van der Waals surface area contributed by atoms with Gasteiger partial charge in [-0.1, -0.05) is 5.16 Å². The minimum absolute atomic E-state index is 0.0585. The number of ether oxygens (including phenoxy) is 1. The fourth-order valence-electron chi connectivity index (χ4n) is 0.754. The topological polar surface area (TPSA) is 94.4 Å². The summed E-state index contributed by atoms with van der Waals surface area (Å²) in [6, 6.07) is 0. The number of hydrogen-bond acceptors (Lipinski definition) is 6. The molecule has 0 radical (unpaired) electrons. The number of rotatable bonds is 4. The Bertz CT molecular complexity index is 239. The van der Waals surface area contributed by atoms with Crippen molar-refractivity contribution in [3.63, 3.8) is 0 Å².